The maximum Gasteiger partial charge on any atom is 0.330 e. The van der Waals surface area contributed by atoms with Gasteiger partial charge in [-0.05, 0) is 25.7 Å². The highest BCUT2D eigenvalue weighted by atomic mass is 16.6. The van der Waals surface area contributed by atoms with E-state index >= 15 is 0 Å². The first kappa shape index (κ1) is 13.5. The van der Waals surface area contributed by atoms with Crippen molar-refractivity contribution in [2.24, 2.45) is 0 Å². The summed E-state index contributed by atoms with van der Waals surface area (Å²) in [5.41, 5.74) is 1.09. The molecule has 102 valence electrons. The van der Waals surface area contributed by atoms with Crippen molar-refractivity contribution in [1.82, 2.24) is 0 Å². The molecule has 5 nitrogen and oxygen atoms in total. The fourth-order valence-corrected chi connectivity index (χ4v) is 1.79. The highest BCUT2D eigenvalue weighted by molar-refractivity contribution is 5.82. The smallest absolute Gasteiger partial charge is 0.330 e. The number of carbonyl (C=O) groups excluding carboxylic acids is 1. The summed E-state index contributed by atoms with van der Waals surface area (Å²) in [6.45, 7) is 1.60. The Morgan fingerprint density at radius 1 is 1.22 bits per heavy atom. The molecule has 2 saturated heterocycles. The van der Waals surface area contributed by atoms with Crippen molar-refractivity contribution in [3.8, 4) is 0 Å². The van der Waals surface area contributed by atoms with Gasteiger partial charge < -0.3 is 19.3 Å². The van der Waals surface area contributed by atoms with E-state index in [-0.39, 0.29) is 19.2 Å². The lowest BCUT2D eigenvalue weighted by atomic mass is 10.0. The second kappa shape index (κ2) is 6.87. The Morgan fingerprint density at radius 3 is 2.22 bits per heavy atom. The summed E-state index contributed by atoms with van der Waals surface area (Å²) in [6, 6.07) is 0. The van der Waals surface area contributed by atoms with Crippen LogP contribution in [0.2, 0.25) is 0 Å². The predicted molar refractivity (Wildman–Crippen MR) is 64.1 cm³/mol. The van der Waals surface area contributed by atoms with Gasteiger partial charge in [-0.1, -0.05) is 5.57 Å². The molecule has 18 heavy (non-hydrogen) atoms. The van der Waals surface area contributed by atoms with Gasteiger partial charge >= 0.3 is 5.97 Å². The summed E-state index contributed by atoms with van der Waals surface area (Å²) in [6.07, 6.45) is 5.96. The van der Waals surface area contributed by atoms with Crippen molar-refractivity contribution in [2.45, 2.75) is 37.9 Å². The van der Waals surface area contributed by atoms with Gasteiger partial charge in [0.05, 0.1) is 32.0 Å². The molecule has 2 aliphatic rings. The molecular weight excluding hydrogens is 236 g/mol. The van der Waals surface area contributed by atoms with Crippen molar-refractivity contribution in [1.29, 1.82) is 0 Å². The van der Waals surface area contributed by atoms with Crippen LogP contribution in [0.25, 0.3) is 0 Å². The second-order valence-corrected chi connectivity index (χ2v) is 4.68. The van der Waals surface area contributed by atoms with E-state index in [1.165, 1.54) is 0 Å². The Kier molecular flexibility index (Phi) is 5.16. The first-order chi connectivity index (χ1) is 8.78. The maximum absolute atomic E-state index is 11.5. The van der Waals surface area contributed by atoms with Crippen LogP contribution in [0.4, 0.5) is 0 Å². The van der Waals surface area contributed by atoms with Crippen LogP contribution < -0.4 is 0 Å². The van der Waals surface area contributed by atoms with E-state index in [4.69, 9.17) is 19.3 Å². The average molecular weight is 256 g/mol. The van der Waals surface area contributed by atoms with Crippen LogP contribution in [-0.4, -0.2) is 49.7 Å². The lowest BCUT2D eigenvalue weighted by Gasteiger charge is -2.06. The molecule has 0 aromatic rings. The fraction of sp³-hybridized carbons (Fsp3) is 0.769. The minimum absolute atomic E-state index is 0.0556. The Labute approximate surface area is 107 Å². The maximum atomic E-state index is 11.5. The number of carbonyl (C=O) groups is 1. The van der Waals surface area contributed by atoms with Crippen LogP contribution >= 0.6 is 0 Å². The van der Waals surface area contributed by atoms with Gasteiger partial charge in [0.2, 0.25) is 0 Å². The van der Waals surface area contributed by atoms with Crippen molar-refractivity contribution in [2.75, 3.05) is 26.4 Å². The lowest BCUT2D eigenvalue weighted by Crippen LogP contribution is -2.07. The molecular formula is C13H20O5. The third kappa shape index (κ3) is 5.62. The molecule has 2 heterocycles. The molecule has 2 rings (SSSR count). The minimum Gasteiger partial charge on any atom is -0.460 e. The zero-order valence-electron chi connectivity index (χ0n) is 10.5. The highest BCUT2D eigenvalue weighted by Gasteiger charge is 2.24. The van der Waals surface area contributed by atoms with E-state index in [2.05, 4.69) is 0 Å². The monoisotopic (exact) mass is 256 g/mol. The van der Waals surface area contributed by atoms with Crippen molar-refractivity contribution in [3.05, 3.63) is 11.6 Å². The Morgan fingerprint density at radius 2 is 1.78 bits per heavy atom. The summed E-state index contributed by atoms with van der Waals surface area (Å²) < 4.78 is 15.2. The zero-order chi connectivity index (χ0) is 12.8. The third-order valence-electron chi connectivity index (χ3n) is 3.04. The van der Waals surface area contributed by atoms with Gasteiger partial charge in [-0.3, -0.25) is 0 Å². The number of rotatable bonds is 9. The van der Waals surface area contributed by atoms with E-state index in [1.807, 2.05) is 0 Å². The van der Waals surface area contributed by atoms with E-state index < -0.39 is 0 Å². The van der Waals surface area contributed by atoms with Crippen LogP contribution in [0, 0.1) is 0 Å². The van der Waals surface area contributed by atoms with Crippen molar-refractivity contribution < 1.29 is 24.1 Å². The molecule has 0 amide bonds. The molecule has 1 N–H and O–H groups in total. The second-order valence-electron chi connectivity index (χ2n) is 4.68. The third-order valence-corrected chi connectivity index (χ3v) is 3.04. The van der Waals surface area contributed by atoms with Crippen molar-refractivity contribution >= 4 is 5.97 Å². The van der Waals surface area contributed by atoms with E-state index in [0.717, 1.165) is 44.5 Å². The first-order valence-electron chi connectivity index (χ1n) is 6.48. The number of aliphatic hydroxyl groups is 1. The normalized spacial score (nSPS) is 24.5. The molecule has 2 aliphatic heterocycles. The number of aliphatic hydroxyl groups excluding tert-OH is 1. The van der Waals surface area contributed by atoms with E-state index in [1.54, 1.807) is 6.08 Å². The number of ether oxygens (including phenoxy) is 3. The topological polar surface area (TPSA) is 71.6 Å². The summed E-state index contributed by atoms with van der Waals surface area (Å²) in [7, 11) is 0. The number of hydrogen-bond acceptors (Lipinski definition) is 5. The van der Waals surface area contributed by atoms with Crippen LogP contribution in [0.1, 0.15) is 25.7 Å². The van der Waals surface area contributed by atoms with Gasteiger partial charge in [-0.15, -0.1) is 0 Å². The van der Waals surface area contributed by atoms with Gasteiger partial charge in [0.15, 0.2) is 0 Å². The number of epoxide rings is 2. The van der Waals surface area contributed by atoms with Gasteiger partial charge in [-0.2, -0.15) is 0 Å². The minimum atomic E-state index is -0.368. The van der Waals surface area contributed by atoms with Crippen LogP contribution in [0.15, 0.2) is 11.6 Å². The molecule has 0 saturated carbocycles. The first-order valence-corrected chi connectivity index (χ1v) is 6.48. The van der Waals surface area contributed by atoms with Gasteiger partial charge in [0, 0.05) is 6.08 Å². The van der Waals surface area contributed by atoms with Gasteiger partial charge in [-0.25, -0.2) is 4.79 Å². The zero-order valence-corrected chi connectivity index (χ0v) is 10.5. The molecule has 0 aromatic carbocycles. The summed E-state index contributed by atoms with van der Waals surface area (Å²) in [4.78, 5) is 11.5. The molecule has 0 spiro atoms. The Bertz CT molecular complexity index is 287. The van der Waals surface area contributed by atoms with Crippen LogP contribution in [0.5, 0.6) is 0 Å². The SMILES string of the molecule is O=C(C=C(CCC1CO1)CCC1CO1)OCCO. The van der Waals surface area contributed by atoms with Crippen LogP contribution in [-0.2, 0) is 19.0 Å². The molecule has 5 heteroatoms. The Balaban J connectivity index is 1.75. The molecule has 2 fully saturated rings. The molecule has 2 atom stereocenters. The van der Waals surface area contributed by atoms with E-state index in [0.29, 0.717) is 12.2 Å². The standard InChI is InChI=1S/C13H20O5/c14-5-6-16-13(15)7-10(1-3-11-8-17-11)2-4-12-9-18-12/h7,11-12,14H,1-6,8-9H2. The van der Waals surface area contributed by atoms with Gasteiger partial charge in [0.1, 0.15) is 6.61 Å². The molecule has 0 bridgehead atoms. The summed E-state index contributed by atoms with van der Waals surface area (Å²) in [5, 5.41) is 8.59. The lowest BCUT2D eigenvalue weighted by molar-refractivity contribution is -0.138. The van der Waals surface area contributed by atoms with Crippen LogP contribution in [0.3, 0.4) is 0 Å². The molecule has 0 aliphatic carbocycles. The predicted octanol–water partition coefficient (Wildman–Crippen LogP) is 0.806. The quantitative estimate of drug-likeness (QED) is 0.375. The molecule has 0 radical (unpaired) electrons. The van der Waals surface area contributed by atoms with Gasteiger partial charge in [0.25, 0.3) is 0 Å². The van der Waals surface area contributed by atoms with Crippen molar-refractivity contribution in [3.63, 3.8) is 0 Å². The fourth-order valence-electron chi connectivity index (χ4n) is 1.79. The van der Waals surface area contributed by atoms with E-state index in [9.17, 15) is 4.79 Å². The largest absolute Gasteiger partial charge is 0.460 e. The summed E-state index contributed by atoms with van der Waals surface area (Å²) >= 11 is 0. The molecule has 0 aromatic heterocycles. The number of allylic oxidation sites excluding steroid dienone is 1. The Hall–Kier alpha value is -0.910. The average Bonchev–Trinajstić information content (AvgIpc) is 3.24. The highest BCUT2D eigenvalue weighted by Crippen LogP contribution is 2.24. The number of hydrogen-bond donors (Lipinski definition) is 1. The summed E-state index contributed by atoms with van der Waals surface area (Å²) in [5.74, 6) is -0.368. The molecule has 2 unspecified atom stereocenters. The number of esters is 1.